The van der Waals surface area contributed by atoms with Gasteiger partial charge in [-0.2, -0.15) is 4.98 Å². The zero-order chi connectivity index (χ0) is 17.4. The molecule has 130 valence electrons. The number of thiazole rings is 1. The van der Waals surface area contributed by atoms with Gasteiger partial charge in [0.2, 0.25) is 5.89 Å². The first kappa shape index (κ1) is 16.4. The number of hydrogen-bond donors (Lipinski definition) is 1. The van der Waals surface area contributed by atoms with Crippen LogP contribution in [0, 0.1) is 13.8 Å². The number of rotatable bonds is 4. The van der Waals surface area contributed by atoms with Crippen molar-refractivity contribution in [3.05, 3.63) is 39.8 Å². The van der Waals surface area contributed by atoms with Gasteiger partial charge in [-0.1, -0.05) is 24.1 Å². The van der Waals surface area contributed by atoms with E-state index < -0.39 is 5.54 Å². The predicted molar refractivity (Wildman–Crippen MR) is 96.8 cm³/mol. The van der Waals surface area contributed by atoms with Crippen molar-refractivity contribution in [2.24, 2.45) is 0 Å². The van der Waals surface area contributed by atoms with E-state index in [1.54, 1.807) is 18.3 Å². The zero-order valence-corrected chi connectivity index (χ0v) is 15.7. The first-order valence-corrected chi connectivity index (χ1v) is 9.92. The van der Waals surface area contributed by atoms with E-state index in [9.17, 15) is 4.79 Å². The van der Waals surface area contributed by atoms with E-state index >= 15 is 0 Å². The quantitative estimate of drug-likeness (QED) is 0.744. The Morgan fingerprint density at radius 3 is 2.72 bits per heavy atom. The number of thiophene rings is 1. The topological polar surface area (TPSA) is 80.9 Å². The standard InChI is InChI=1S/C17H18N4O2S2/c1-10-13(25-15(18-10)12-6-5-9-24-12)14(22)20-17(7-3-4-8-17)16-19-11(2)23-21-16/h5-6,9H,3-4,7-8H2,1-2H3,(H,20,22). The van der Waals surface area contributed by atoms with Gasteiger partial charge in [-0.25, -0.2) is 4.98 Å². The molecule has 1 N–H and O–H groups in total. The van der Waals surface area contributed by atoms with Crippen LogP contribution in [0.3, 0.4) is 0 Å². The summed E-state index contributed by atoms with van der Waals surface area (Å²) in [6, 6.07) is 4.01. The number of nitrogens with one attached hydrogen (secondary N) is 1. The lowest BCUT2D eigenvalue weighted by atomic mass is 9.96. The lowest BCUT2D eigenvalue weighted by Crippen LogP contribution is -2.44. The van der Waals surface area contributed by atoms with Gasteiger partial charge in [0, 0.05) is 6.92 Å². The largest absolute Gasteiger partial charge is 0.340 e. The number of aryl methyl sites for hydroxylation is 2. The third-order valence-electron chi connectivity index (χ3n) is 4.50. The summed E-state index contributed by atoms with van der Waals surface area (Å²) in [5.41, 5.74) is 0.220. The molecular formula is C17H18N4O2S2. The van der Waals surface area contributed by atoms with Gasteiger partial charge in [-0.05, 0) is 31.2 Å². The number of hydrogen-bond acceptors (Lipinski definition) is 7. The van der Waals surface area contributed by atoms with Crippen molar-refractivity contribution in [2.45, 2.75) is 45.1 Å². The predicted octanol–water partition coefficient (Wildman–Crippen LogP) is 4.07. The third-order valence-corrected chi connectivity index (χ3v) is 6.70. The van der Waals surface area contributed by atoms with Crippen molar-refractivity contribution in [1.82, 2.24) is 20.4 Å². The van der Waals surface area contributed by atoms with Crippen LogP contribution in [-0.2, 0) is 5.54 Å². The Morgan fingerprint density at radius 1 is 1.28 bits per heavy atom. The molecule has 0 bridgehead atoms. The van der Waals surface area contributed by atoms with Crippen LogP contribution >= 0.6 is 22.7 Å². The average Bonchev–Trinajstić information content (AvgIpc) is 3.33. The van der Waals surface area contributed by atoms with E-state index in [1.165, 1.54) is 11.3 Å². The molecule has 0 radical (unpaired) electrons. The van der Waals surface area contributed by atoms with Crippen LogP contribution in [0.4, 0.5) is 0 Å². The lowest BCUT2D eigenvalue weighted by molar-refractivity contribution is 0.0895. The van der Waals surface area contributed by atoms with Crippen molar-refractivity contribution in [3.8, 4) is 9.88 Å². The van der Waals surface area contributed by atoms with Crippen LogP contribution in [0.15, 0.2) is 22.0 Å². The number of aromatic nitrogens is 3. The lowest BCUT2D eigenvalue weighted by Gasteiger charge is -2.26. The van der Waals surface area contributed by atoms with Crippen LogP contribution in [0.2, 0.25) is 0 Å². The Labute approximate surface area is 153 Å². The SMILES string of the molecule is Cc1nc(C2(NC(=O)c3sc(-c4cccs4)nc3C)CCCC2)no1. The monoisotopic (exact) mass is 374 g/mol. The molecule has 3 aromatic rings. The summed E-state index contributed by atoms with van der Waals surface area (Å²) in [5.74, 6) is 0.989. The smallest absolute Gasteiger partial charge is 0.264 e. The second-order valence-electron chi connectivity index (χ2n) is 6.29. The highest BCUT2D eigenvalue weighted by molar-refractivity contribution is 7.22. The molecule has 0 spiro atoms. The van der Waals surface area contributed by atoms with Gasteiger partial charge in [-0.3, -0.25) is 4.79 Å². The minimum absolute atomic E-state index is 0.109. The summed E-state index contributed by atoms with van der Waals surface area (Å²) < 4.78 is 5.15. The minimum Gasteiger partial charge on any atom is -0.340 e. The normalized spacial score (nSPS) is 16.2. The highest BCUT2D eigenvalue weighted by atomic mass is 32.1. The molecule has 3 aromatic heterocycles. The molecular weight excluding hydrogens is 356 g/mol. The van der Waals surface area contributed by atoms with Gasteiger partial charge in [-0.15, -0.1) is 22.7 Å². The summed E-state index contributed by atoms with van der Waals surface area (Å²) in [6.45, 7) is 3.64. The fourth-order valence-corrected chi connectivity index (χ4v) is 5.02. The number of nitrogens with zero attached hydrogens (tertiary/aromatic N) is 3. The fourth-order valence-electron chi connectivity index (χ4n) is 3.26. The molecule has 1 saturated carbocycles. The summed E-state index contributed by atoms with van der Waals surface area (Å²) in [5, 5.41) is 10.2. The summed E-state index contributed by atoms with van der Waals surface area (Å²) in [7, 11) is 0. The van der Waals surface area contributed by atoms with E-state index in [0.29, 0.717) is 16.6 Å². The molecule has 3 heterocycles. The van der Waals surface area contributed by atoms with Gasteiger partial charge >= 0.3 is 0 Å². The highest BCUT2D eigenvalue weighted by Gasteiger charge is 2.41. The minimum atomic E-state index is -0.533. The van der Waals surface area contributed by atoms with Gasteiger partial charge in [0.15, 0.2) is 5.82 Å². The van der Waals surface area contributed by atoms with E-state index in [0.717, 1.165) is 41.3 Å². The Morgan fingerprint density at radius 2 is 2.08 bits per heavy atom. The first-order chi connectivity index (χ1) is 12.1. The average molecular weight is 374 g/mol. The number of amides is 1. The maximum absolute atomic E-state index is 13.0. The summed E-state index contributed by atoms with van der Waals surface area (Å²) in [4.78, 5) is 23.6. The Hall–Kier alpha value is -2.06. The maximum Gasteiger partial charge on any atom is 0.264 e. The number of carbonyl (C=O) groups is 1. The molecule has 4 rings (SSSR count). The van der Waals surface area contributed by atoms with E-state index in [1.807, 2.05) is 24.4 Å². The van der Waals surface area contributed by atoms with Crippen LogP contribution in [-0.4, -0.2) is 21.0 Å². The van der Waals surface area contributed by atoms with Crippen molar-refractivity contribution in [3.63, 3.8) is 0 Å². The Balaban J connectivity index is 1.62. The van der Waals surface area contributed by atoms with Gasteiger partial charge in [0.1, 0.15) is 15.4 Å². The van der Waals surface area contributed by atoms with Crippen LogP contribution in [0.1, 0.15) is 52.8 Å². The van der Waals surface area contributed by atoms with Crippen LogP contribution in [0.5, 0.6) is 0 Å². The molecule has 6 nitrogen and oxygen atoms in total. The molecule has 1 aliphatic carbocycles. The molecule has 1 fully saturated rings. The summed E-state index contributed by atoms with van der Waals surface area (Å²) in [6.07, 6.45) is 3.73. The van der Waals surface area contributed by atoms with E-state index in [4.69, 9.17) is 4.52 Å². The van der Waals surface area contributed by atoms with E-state index in [2.05, 4.69) is 20.4 Å². The summed E-state index contributed by atoms with van der Waals surface area (Å²) >= 11 is 3.06. The van der Waals surface area contributed by atoms with Crippen molar-refractivity contribution >= 4 is 28.6 Å². The van der Waals surface area contributed by atoms with Crippen LogP contribution < -0.4 is 5.32 Å². The van der Waals surface area contributed by atoms with Crippen LogP contribution in [0.25, 0.3) is 9.88 Å². The van der Waals surface area contributed by atoms with Crippen molar-refractivity contribution in [2.75, 3.05) is 0 Å². The molecule has 0 aliphatic heterocycles. The number of carbonyl (C=O) groups excluding carboxylic acids is 1. The molecule has 25 heavy (non-hydrogen) atoms. The second-order valence-corrected chi connectivity index (χ2v) is 8.24. The molecule has 0 aromatic carbocycles. The molecule has 0 unspecified atom stereocenters. The zero-order valence-electron chi connectivity index (χ0n) is 14.0. The first-order valence-electron chi connectivity index (χ1n) is 8.22. The molecule has 0 saturated heterocycles. The second kappa shape index (κ2) is 6.34. The maximum atomic E-state index is 13.0. The van der Waals surface area contributed by atoms with Crippen molar-refractivity contribution in [1.29, 1.82) is 0 Å². The Bertz CT molecular complexity index is 892. The van der Waals surface area contributed by atoms with Gasteiger partial charge < -0.3 is 9.84 Å². The molecule has 1 aliphatic rings. The van der Waals surface area contributed by atoms with Crippen molar-refractivity contribution < 1.29 is 9.32 Å². The third kappa shape index (κ3) is 3.00. The molecule has 0 atom stereocenters. The van der Waals surface area contributed by atoms with Gasteiger partial charge in [0.25, 0.3) is 5.91 Å². The Kier molecular flexibility index (Phi) is 4.16. The highest BCUT2D eigenvalue weighted by Crippen LogP contribution is 2.38. The van der Waals surface area contributed by atoms with E-state index in [-0.39, 0.29) is 5.91 Å². The molecule has 1 amide bonds. The fraction of sp³-hybridized carbons (Fsp3) is 0.412. The van der Waals surface area contributed by atoms with Gasteiger partial charge in [0.05, 0.1) is 10.6 Å². The molecule has 8 heteroatoms.